The monoisotopic (exact) mass is 621 g/mol. The van der Waals surface area contributed by atoms with Crippen molar-refractivity contribution in [3.05, 3.63) is 187 Å². The van der Waals surface area contributed by atoms with Crippen LogP contribution in [0.3, 0.4) is 0 Å². The lowest BCUT2D eigenvalue weighted by Gasteiger charge is -2.21. The van der Waals surface area contributed by atoms with E-state index < -0.39 is 0 Å². The molecule has 0 spiro atoms. The molecule has 3 nitrogen and oxygen atoms in total. The Balaban J connectivity index is 1.33. The lowest BCUT2D eigenvalue weighted by molar-refractivity contribution is 1.18. The van der Waals surface area contributed by atoms with Crippen molar-refractivity contribution in [2.75, 3.05) is 0 Å². The van der Waals surface area contributed by atoms with Crippen molar-refractivity contribution in [1.29, 1.82) is 0 Å². The summed E-state index contributed by atoms with van der Waals surface area (Å²) in [5.41, 5.74) is 10.1. The molecule has 226 valence electrons. The lowest BCUT2D eigenvalue weighted by Crippen LogP contribution is -1.95. The minimum atomic E-state index is 0.357. The minimum Gasteiger partial charge on any atom is -0.309 e. The van der Waals surface area contributed by atoms with E-state index in [9.17, 15) is 0 Å². The topological polar surface area (TPSA) is 13.6 Å². The zero-order chi connectivity index (χ0) is 32.9. The van der Waals surface area contributed by atoms with Crippen molar-refractivity contribution in [2.45, 2.75) is 0 Å². The van der Waals surface area contributed by atoms with E-state index in [1.54, 1.807) is 6.07 Å². The average Bonchev–Trinajstić information content (AvgIpc) is 3.51. The predicted octanol–water partition coefficient (Wildman–Crippen LogP) is 13.2. The van der Waals surface area contributed by atoms with E-state index in [4.69, 9.17) is 13.1 Å². The smallest absolute Gasteiger partial charge is 0.202 e. The predicted molar refractivity (Wildman–Crippen MR) is 205 cm³/mol. The van der Waals surface area contributed by atoms with Crippen LogP contribution in [-0.4, -0.2) is 4.57 Å². The maximum atomic E-state index is 8.39. The molecule has 0 bridgehead atoms. The molecule has 0 aliphatic rings. The summed E-state index contributed by atoms with van der Waals surface area (Å²) < 4.78 is 2.31. The molecule has 0 saturated heterocycles. The Morgan fingerprint density at radius 1 is 0.367 bits per heavy atom. The average molecular weight is 622 g/mol. The van der Waals surface area contributed by atoms with Crippen LogP contribution in [0.25, 0.3) is 92.1 Å². The molecule has 0 saturated carbocycles. The van der Waals surface area contributed by atoms with Gasteiger partial charge in [-0.05, 0) is 79.2 Å². The van der Waals surface area contributed by atoms with E-state index in [2.05, 4.69) is 160 Å². The Morgan fingerprint density at radius 3 is 1.39 bits per heavy atom. The van der Waals surface area contributed by atoms with E-state index in [0.717, 1.165) is 66.1 Å². The minimum absolute atomic E-state index is 0.357. The Labute approximate surface area is 284 Å². The van der Waals surface area contributed by atoms with Gasteiger partial charge in [-0.1, -0.05) is 140 Å². The number of fused-ring (bicyclic) bond motifs is 5. The second-order valence-corrected chi connectivity index (χ2v) is 12.2. The molecule has 49 heavy (non-hydrogen) atoms. The van der Waals surface area contributed by atoms with Gasteiger partial charge in [-0.15, -0.1) is 0 Å². The molecule has 0 aliphatic carbocycles. The van der Waals surface area contributed by atoms with Crippen LogP contribution in [0, 0.1) is 13.1 Å². The highest BCUT2D eigenvalue weighted by Crippen LogP contribution is 2.51. The molecule has 8 aromatic carbocycles. The molecule has 1 aromatic heterocycles. The second-order valence-electron chi connectivity index (χ2n) is 12.2. The van der Waals surface area contributed by atoms with Crippen LogP contribution in [0.5, 0.6) is 0 Å². The fourth-order valence-corrected chi connectivity index (χ4v) is 7.58. The molecule has 0 N–H and O–H groups in total. The zero-order valence-electron chi connectivity index (χ0n) is 26.4. The number of aromatic nitrogens is 1. The summed E-state index contributed by atoms with van der Waals surface area (Å²) in [4.78, 5) is 7.88. The molecular formula is C46H27N3. The maximum Gasteiger partial charge on any atom is 0.202 e. The van der Waals surface area contributed by atoms with E-state index >= 15 is 0 Å². The van der Waals surface area contributed by atoms with Gasteiger partial charge in [0.25, 0.3) is 0 Å². The van der Waals surface area contributed by atoms with E-state index in [-0.39, 0.29) is 0 Å². The van der Waals surface area contributed by atoms with Gasteiger partial charge in [0.1, 0.15) is 0 Å². The van der Waals surface area contributed by atoms with E-state index in [1.807, 2.05) is 12.1 Å². The molecule has 0 unspecified atom stereocenters. The number of benzene rings is 8. The van der Waals surface area contributed by atoms with Gasteiger partial charge < -0.3 is 4.57 Å². The standard InChI is InChI=1S/C46H27N3/c1-47-40-29-28-33(30-24-26-32(27-25-30)49-41-22-12-10-16-34(41)35-17-11-13-23-42(35)49)45(46(40)48-2)44-38-20-8-6-18-36(38)43(31-14-4-3-5-15-31)37-19-7-9-21-39(37)44/h3-29H. The lowest BCUT2D eigenvalue weighted by atomic mass is 9.83. The fourth-order valence-electron chi connectivity index (χ4n) is 7.58. The van der Waals surface area contributed by atoms with Crippen molar-refractivity contribution in [1.82, 2.24) is 4.57 Å². The number of rotatable bonds is 4. The molecule has 3 heteroatoms. The summed E-state index contributed by atoms with van der Waals surface area (Å²) in [7, 11) is 0. The van der Waals surface area contributed by atoms with Crippen molar-refractivity contribution in [3.63, 3.8) is 0 Å². The van der Waals surface area contributed by atoms with Crippen LogP contribution >= 0.6 is 0 Å². The largest absolute Gasteiger partial charge is 0.309 e. The number of para-hydroxylation sites is 2. The third kappa shape index (κ3) is 4.35. The molecule has 0 fully saturated rings. The SMILES string of the molecule is [C-]#[N+]c1ccc(-c2ccc(-n3c4ccccc4c4ccccc43)cc2)c(-c2c3ccccc3c(-c3ccccc3)c3ccccc23)c1[N+]#[C-]. The number of hydrogen-bond donors (Lipinski definition) is 0. The van der Waals surface area contributed by atoms with Gasteiger partial charge >= 0.3 is 0 Å². The Kier molecular flexibility index (Phi) is 6.58. The maximum absolute atomic E-state index is 8.39. The second kappa shape index (κ2) is 11.4. The molecule has 0 radical (unpaired) electrons. The first kappa shape index (κ1) is 28.3. The Bertz CT molecular complexity index is 2720. The number of nitrogens with zero attached hydrogens (tertiary/aromatic N) is 3. The van der Waals surface area contributed by atoms with Gasteiger partial charge in [-0.2, -0.15) is 0 Å². The quantitative estimate of drug-likeness (QED) is 0.137. The van der Waals surface area contributed by atoms with Crippen LogP contribution in [-0.2, 0) is 0 Å². The Morgan fingerprint density at radius 2 is 0.857 bits per heavy atom. The van der Waals surface area contributed by atoms with E-state index in [1.165, 1.54) is 16.3 Å². The third-order valence-corrected chi connectivity index (χ3v) is 9.65. The van der Waals surface area contributed by atoms with Gasteiger partial charge in [0.2, 0.25) is 5.69 Å². The summed E-state index contributed by atoms with van der Waals surface area (Å²) in [5, 5.41) is 6.76. The van der Waals surface area contributed by atoms with Crippen molar-refractivity contribution in [3.8, 4) is 39.1 Å². The molecular weight excluding hydrogens is 595 g/mol. The summed E-state index contributed by atoms with van der Waals surface area (Å²) in [6, 6.07) is 56.9. The van der Waals surface area contributed by atoms with Gasteiger partial charge in [-0.3, -0.25) is 4.85 Å². The molecule has 1 heterocycles. The van der Waals surface area contributed by atoms with Gasteiger partial charge in [0.15, 0.2) is 5.69 Å². The molecule has 0 aliphatic heterocycles. The van der Waals surface area contributed by atoms with E-state index in [0.29, 0.717) is 11.4 Å². The summed E-state index contributed by atoms with van der Waals surface area (Å²) in [6.45, 7) is 16.4. The van der Waals surface area contributed by atoms with Crippen molar-refractivity contribution in [2.24, 2.45) is 0 Å². The van der Waals surface area contributed by atoms with Crippen LogP contribution < -0.4 is 0 Å². The highest BCUT2D eigenvalue weighted by molar-refractivity contribution is 6.24. The first-order valence-electron chi connectivity index (χ1n) is 16.3. The summed E-state index contributed by atoms with van der Waals surface area (Å²) in [6.07, 6.45) is 0. The summed E-state index contributed by atoms with van der Waals surface area (Å²) >= 11 is 0. The first-order valence-corrected chi connectivity index (χ1v) is 16.3. The summed E-state index contributed by atoms with van der Waals surface area (Å²) in [5.74, 6) is 0. The van der Waals surface area contributed by atoms with Crippen LogP contribution in [0.2, 0.25) is 0 Å². The highest BCUT2D eigenvalue weighted by atomic mass is 15.0. The molecule has 9 aromatic rings. The normalized spacial score (nSPS) is 11.2. The molecule has 0 atom stereocenters. The van der Waals surface area contributed by atoms with Gasteiger partial charge in [0.05, 0.1) is 24.2 Å². The van der Waals surface area contributed by atoms with Crippen molar-refractivity contribution >= 4 is 54.7 Å². The van der Waals surface area contributed by atoms with Gasteiger partial charge in [0, 0.05) is 16.5 Å². The fraction of sp³-hybridized carbons (Fsp3) is 0. The first-order chi connectivity index (χ1) is 24.3. The van der Waals surface area contributed by atoms with Crippen molar-refractivity contribution < 1.29 is 0 Å². The van der Waals surface area contributed by atoms with Gasteiger partial charge in [-0.25, -0.2) is 4.85 Å². The van der Waals surface area contributed by atoms with Crippen LogP contribution in [0.1, 0.15) is 0 Å². The Hall–Kier alpha value is -6.94. The highest BCUT2D eigenvalue weighted by Gasteiger charge is 2.23. The third-order valence-electron chi connectivity index (χ3n) is 9.65. The van der Waals surface area contributed by atoms with Crippen LogP contribution in [0.4, 0.5) is 11.4 Å². The number of hydrogen-bond acceptors (Lipinski definition) is 0. The zero-order valence-corrected chi connectivity index (χ0v) is 26.4. The molecule has 0 amide bonds. The van der Waals surface area contributed by atoms with Crippen LogP contribution in [0.15, 0.2) is 164 Å². The molecule has 9 rings (SSSR count).